The van der Waals surface area contributed by atoms with Crippen molar-refractivity contribution >= 4 is 11.3 Å². The van der Waals surface area contributed by atoms with Gasteiger partial charge in [-0.2, -0.15) is 0 Å². The highest BCUT2D eigenvalue weighted by Crippen LogP contribution is 2.40. The lowest BCUT2D eigenvalue weighted by molar-refractivity contribution is 0.228. The third kappa shape index (κ3) is 2.46. The predicted molar refractivity (Wildman–Crippen MR) is 78.1 cm³/mol. The summed E-state index contributed by atoms with van der Waals surface area (Å²) >= 11 is 1.75. The highest BCUT2D eigenvalue weighted by atomic mass is 32.1. The van der Waals surface area contributed by atoms with Crippen molar-refractivity contribution < 1.29 is 9.47 Å². The molecule has 100 valence electrons. The van der Waals surface area contributed by atoms with Gasteiger partial charge in [-0.15, -0.1) is 11.3 Å². The molecule has 3 nitrogen and oxygen atoms in total. The van der Waals surface area contributed by atoms with Gasteiger partial charge in [-0.05, 0) is 24.6 Å². The summed E-state index contributed by atoms with van der Waals surface area (Å²) in [6, 6.07) is 8.11. The number of benzene rings is 1. The van der Waals surface area contributed by atoms with Crippen LogP contribution in [0.25, 0.3) is 11.1 Å². The predicted octanol–water partition coefficient (Wildman–Crippen LogP) is 3.29. The molecular weight excluding hydrogens is 258 g/mol. The van der Waals surface area contributed by atoms with Crippen molar-refractivity contribution in [1.29, 1.82) is 0 Å². The van der Waals surface area contributed by atoms with E-state index in [1.54, 1.807) is 18.4 Å². The summed E-state index contributed by atoms with van der Waals surface area (Å²) in [5.74, 6) is 1.90. The van der Waals surface area contributed by atoms with Gasteiger partial charge in [0.15, 0.2) is 0 Å². The van der Waals surface area contributed by atoms with E-state index < -0.39 is 0 Å². The Hall–Kier alpha value is -1.52. The Morgan fingerprint density at radius 3 is 3.16 bits per heavy atom. The minimum atomic E-state index is 0.195. The van der Waals surface area contributed by atoms with Crippen LogP contribution in [-0.4, -0.2) is 19.8 Å². The Morgan fingerprint density at radius 2 is 2.32 bits per heavy atom. The van der Waals surface area contributed by atoms with E-state index in [1.807, 2.05) is 12.1 Å². The molecule has 2 heterocycles. The fraction of sp³-hybridized carbons (Fsp3) is 0.333. The first-order valence-corrected chi connectivity index (χ1v) is 7.28. The summed E-state index contributed by atoms with van der Waals surface area (Å²) in [5, 5.41) is 5.57. The van der Waals surface area contributed by atoms with Crippen LogP contribution in [0.2, 0.25) is 0 Å². The maximum absolute atomic E-state index is 6.06. The van der Waals surface area contributed by atoms with Crippen LogP contribution in [0.5, 0.6) is 11.5 Å². The van der Waals surface area contributed by atoms with Gasteiger partial charge in [0.25, 0.3) is 0 Å². The van der Waals surface area contributed by atoms with Crippen LogP contribution in [0, 0.1) is 0 Å². The van der Waals surface area contributed by atoms with E-state index in [9.17, 15) is 0 Å². The van der Waals surface area contributed by atoms with Gasteiger partial charge in [0, 0.05) is 24.0 Å². The number of rotatable bonds is 2. The zero-order chi connectivity index (χ0) is 13.2. The van der Waals surface area contributed by atoms with Gasteiger partial charge >= 0.3 is 0 Å². The van der Waals surface area contributed by atoms with Gasteiger partial charge in [-0.1, -0.05) is 12.1 Å². The highest BCUT2D eigenvalue weighted by Gasteiger charge is 2.20. The molecule has 2 aromatic rings. The first-order valence-electron chi connectivity index (χ1n) is 6.40. The van der Waals surface area contributed by atoms with Crippen LogP contribution in [0.3, 0.4) is 0 Å². The molecule has 0 spiro atoms. The van der Waals surface area contributed by atoms with Crippen LogP contribution >= 0.6 is 11.3 Å². The number of hydrogen-bond donors (Lipinski definition) is 1. The van der Waals surface area contributed by atoms with Gasteiger partial charge in [-0.3, -0.25) is 0 Å². The normalized spacial score (nSPS) is 18.3. The number of methoxy groups -OCH3 is 1. The summed E-state index contributed by atoms with van der Waals surface area (Å²) in [6.07, 6.45) is 0.195. The fourth-order valence-corrected chi connectivity index (χ4v) is 3.21. The van der Waals surface area contributed by atoms with Crippen molar-refractivity contribution in [3.63, 3.8) is 0 Å². The fourth-order valence-electron chi connectivity index (χ4n) is 2.26. The average Bonchev–Trinajstić information content (AvgIpc) is 2.72. The largest absolute Gasteiger partial charge is 0.497 e. The molecule has 0 saturated carbocycles. The standard InChI is InChI=1S/C15H17NO2S/c1-10-7-16-8-14-15(18-10)13(9-19-14)11-4-3-5-12(6-11)17-2/h3-6,9-10,16H,7-8H2,1-2H3. The molecule has 19 heavy (non-hydrogen) atoms. The number of nitrogens with one attached hydrogen (secondary N) is 1. The highest BCUT2D eigenvalue weighted by molar-refractivity contribution is 7.10. The minimum absolute atomic E-state index is 0.195. The van der Waals surface area contributed by atoms with E-state index >= 15 is 0 Å². The lowest BCUT2D eigenvalue weighted by Crippen LogP contribution is -2.25. The lowest BCUT2D eigenvalue weighted by atomic mass is 10.1. The van der Waals surface area contributed by atoms with Gasteiger partial charge in [0.2, 0.25) is 0 Å². The van der Waals surface area contributed by atoms with E-state index in [0.717, 1.165) is 35.7 Å². The van der Waals surface area contributed by atoms with Crippen molar-refractivity contribution in [3.05, 3.63) is 34.5 Å². The molecule has 0 fully saturated rings. The summed E-state index contributed by atoms with van der Waals surface area (Å²) in [5.41, 5.74) is 2.31. The van der Waals surface area contributed by atoms with E-state index in [1.165, 1.54) is 4.88 Å². The molecule has 1 aliphatic rings. The smallest absolute Gasteiger partial charge is 0.142 e. The number of hydrogen-bond acceptors (Lipinski definition) is 4. The molecule has 1 N–H and O–H groups in total. The second-order valence-corrected chi connectivity index (χ2v) is 5.66. The Balaban J connectivity index is 2.03. The minimum Gasteiger partial charge on any atom is -0.497 e. The zero-order valence-corrected chi connectivity index (χ0v) is 11.9. The summed E-state index contributed by atoms with van der Waals surface area (Å²) in [7, 11) is 1.69. The molecule has 1 aromatic heterocycles. The average molecular weight is 275 g/mol. The molecule has 1 unspecified atom stereocenters. The molecular formula is C15H17NO2S. The maximum atomic E-state index is 6.06. The Bertz CT molecular complexity index is 579. The number of thiophene rings is 1. The summed E-state index contributed by atoms with van der Waals surface area (Å²) < 4.78 is 11.4. The zero-order valence-electron chi connectivity index (χ0n) is 11.1. The van der Waals surface area contributed by atoms with Gasteiger partial charge in [0.05, 0.1) is 12.0 Å². The van der Waals surface area contributed by atoms with Crippen LogP contribution in [0.1, 0.15) is 11.8 Å². The third-order valence-electron chi connectivity index (χ3n) is 3.23. The SMILES string of the molecule is COc1cccc(-c2csc3c2OC(C)CNC3)c1. The second-order valence-electron chi connectivity index (χ2n) is 4.69. The monoisotopic (exact) mass is 275 g/mol. The lowest BCUT2D eigenvalue weighted by Gasteiger charge is -2.13. The van der Waals surface area contributed by atoms with E-state index in [0.29, 0.717) is 0 Å². The summed E-state index contributed by atoms with van der Waals surface area (Å²) in [6.45, 7) is 3.86. The van der Waals surface area contributed by atoms with Crippen LogP contribution in [0.15, 0.2) is 29.6 Å². The van der Waals surface area contributed by atoms with Crippen LogP contribution < -0.4 is 14.8 Å². The molecule has 0 radical (unpaired) electrons. The van der Waals surface area contributed by atoms with E-state index in [4.69, 9.17) is 9.47 Å². The van der Waals surface area contributed by atoms with E-state index in [-0.39, 0.29) is 6.10 Å². The topological polar surface area (TPSA) is 30.5 Å². The van der Waals surface area contributed by atoms with Crippen molar-refractivity contribution in [2.24, 2.45) is 0 Å². The van der Waals surface area contributed by atoms with Crippen molar-refractivity contribution in [1.82, 2.24) is 5.32 Å². The summed E-state index contributed by atoms with van der Waals surface area (Å²) in [4.78, 5) is 1.27. The second kappa shape index (κ2) is 5.23. The molecule has 0 bridgehead atoms. The molecule has 1 aliphatic heterocycles. The maximum Gasteiger partial charge on any atom is 0.142 e. The van der Waals surface area contributed by atoms with Crippen molar-refractivity contribution in [2.75, 3.05) is 13.7 Å². The number of fused-ring (bicyclic) bond motifs is 1. The number of ether oxygens (including phenoxy) is 2. The van der Waals surface area contributed by atoms with Gasteiger partial charge < -0.3 is 14.8 Å². The molecule has 0 aliphatic carbocycles. The molecule has 3 rings (SSSR count). The third-order valence-corrected chi connectivity index (χ3v) is 4.20. The molecule has 4 heteroatoms. The van der Waals surface area contributed by atoms with Crippen LogP contribution in [-0.2, 0) is 6.54 Å². The Labute approximate surface area is 117 Å². The van der Waals surface area contributed by atoms with Gasteiger partial charge in [-0.25, -0.2) is 0 Å². The Morgan fingerprint density at radius 1 is 1.42 bits per heavy atom. The first-order chi connectivity index (χ1) is 9.28. The molecule has 0 amide bonds. The quantitative estimate of drug-likeness (QED) is 0.912. The Kier molecular flexibility index (Phi) is 3.44. The van der Waals surface area contributed by atoms with Crippen molar-refractivity contribution in [2.45, 2.75) is 19.6 Å². The van der Waals surface area contributed by atoms with Gasteiger partial charge in [0.1, 0.15) is 17.6 Å². The van der Waals surface area contributed by atoms with E-state index in [2.05, 4.69) is 29.8 Å². The van der Waals surface area contributed by atoms with Crippen LogP contribution in [0.4, 0.5) is 0 Å². The molecule has 1 atom stereocenters. The molecule has 0 saturated heterocycles. The molecule has 1 aromatic carbocycles. The first kappa shape index (κ1) is 12.5. The van der Waals surface area contributed by atoms with Crippen molar-refractivity contribution in [3.8, 4) is 22.6 Å².